The van der Waals surface area contributed by atoms with Crippen LogP contribution in [0.4, 0.5) is 5.69 Å². The molecule has 1 saturated heterocycles. The lowest BCUT2D eigenvalue weighted by molar-refractivity contribution is 0.487. The second-order valence-corrected chi connectivity index (χ2v) is 6.46. The molecule has 17 heavy (non-hydrogen) atoms. The molecule has 1 aliphatic rings. The van der Waals surface area contributed by atoms with Crippen molar-refractivity contribution in [1.82, 2.24) is 5.32 Å². The molecule has 0 amide bonds. The summed E-state index contributed by atoms with van der Waals surface area (Å²) in [5, 5.41) is 3.40. The van der Waals surface area contributed by atoms with Crippen molar-refractivity contribution in [3.63, 3.8) is 0 Å². The summed E-state index contributed by atoms with van der Waals surface area (Å²) in [6, 6.07) is 7.13. The Hall–Kier alpha value is -0.540. The zero-order valence-corrected chi connectivity index (χ0v) is 12.6. The fraction of sp³-hybridized carbons (Fsp3) is 0.571. The van der Waals surface area contributed by atoms with Crippen LogP contribution >= 0.6 is 15.9 Å². The highest BCUT2D eigenvalue weighted by Crippen LogP contribution is 2.36. The van der Waals surface area contributed by atoms with Crippen molar-refractivity contribution >= 4 is 21.6 Å². The van der Waals surface area contributed by atoms with Gasteiger partial charge in [-0.1, -0.05) is 15.9 Å². The van der Waals surface area contributed by atoms with Crippen LogP contribution in [0.2, 0.25) is 0 Å². The Balaban J connectivity index is 2.33. The molecule has 0 bridgehead atoms. The molecule has 1 fully saturated rings. The van der Waals surface area contributed by atoms with E-state index in [0.29, 0.717) is 6.04 Å². The summed E-state index contributed by atoms with van der Waals surface area (Å²) in [5.74, 6) is 0. The Morgan fingerprint density at radius 2 is 2.12 bits per heavy atom. The molecule has 0 spiro atoms. The standard InChI is InChI=1S/C14H21BrN2/c1-10-7-11(15)5-6-13(10)17-9-12(16-4)8-14(17,2)3/h5-7,12,16H,8-9H2,1-4H3. The lowest BCUT2D eigenvalue weighted by atomic mass is 9.99. The zero-order chi connectivity index (χ0) is 12.6. The third-order valence-corrected chi connectivity index (χ3v) is 4.23. The molecule has 3 heteroatoms. The summed E-state index contributed by atoms with van der Waals surface area (Å²) in [4.78, 5) is 2.52. The van der Waals surface area contributed by atoms with Crippen molar-refractivity contribution in [1.29, 1.82) is 0 Å². The molecule has 0 radical (unpaired) electrons. The molecular formula is C14H21BrN2. The van der Waals surface area contributed by atoms with Crippen LogP contribution < -0.4 is 10.2 Å². The van der Waals surface area contributed by atoms with Gasteiger partial charge in [0.15, 0.2) is 0 Å². The highest BCUT2D eigenvalue weighted by atomic mass is 79.9. The van der Waals surface area contributed by atoms with E-state index in [9.17, 15) is 0 Å². The lowest BCUT2D eigenvalue weighted by Gasteiger charge is -2.34. The predicted octanol–water partition coefficient (Wildman–Crippen LogP) is 3.33. The minimum Gasteiger partial charge on any atom is -0.365 e. The van der Waals surface area contributed by atoms with E-state index >= 15 is 0 Å². The van der Waals surface area contributed by atoms with Crippen LogP contribution in [0.5, 0.6) is 0 Å². The number of halogens is 1. The molecule has 1 aliphatic heterocycles. The number of aryl methyl sites for hydroxylation is 1. The number of hydrogen-bond donors (Lipinski definition) is 1. The van der Waals surface area contributed by atoms with E-state index in [1.54, 1.807) is 0 Å². The number of nitrogens with one attached hydrogen (secondary N) is 1. The Kier molecular flexibility index (Phi) is 3.50. The monoisotopic (exact) mass is 296 g/mol. The van der Waals surface area contributed by atoms with Crippen LogP contribution in [0.15, 0.2) is 22.7 Å². The van der Waals surface area contributed by atoms with Crippen molar-refractivity contribution in [2.45, 2.75) is 38.8 Å². The van der Waals surface area contributed by atoms with E-state index in [4.69, 9.17) is 0 Å². The molecule has 2 nitrogen and oxygen atoms in total. The number of anilines is 1. The molecule has 0 saturated carbocycles. The van der Waals surface area contributed by atoms with E-state index in [0.717, 1.165) is 11.0 Å². The molecule has 1 aromatic rings. The quantitative estimate of drug-likeness (QED) is 0.900. The van der Waals surface area contributed by atoms with Gasteiger partial charge in [0.25, 0.3) is 0 Å². The maximum absolute atomic E-state index is 3.53. The molecule has 1 unspecified atom stereocenters. The third kappa shape index (κ3) is 2.50. The SMILES string of the molecule is CNC1CN(c2ccc(Br)cc2C)C(C)(C)C1. The fourth-order valence-corrected chi connectivity index (χ4v) is 3.26. The van der Waals surface area contributed by atoms with Crippen LogP contribution in [-0.4, -0.2) is 25.2 Å². The first-order valence-electron chi connectivity index (χ1n) is 6.15. The maximum atomic E-state index is 3.53. The van der Waals surface area contributed by atoms with Gasteiger partial charge in [0.2, 0.25) is 0 Å². The van der Waals surface area contributed by atoms with Crippen LogP contribution in [0.3, 0.4) is 0 Å². The lowest BCUT2D eigenvalue weighted by Crippen LogP contribution is -2.38. The van der Waals surface area contributed by atoms with Crippen LogP contribution in [-0.2, 0) is 0 Å². The van der Waals surface area contributed by atoms with Gasteiger partial charge in [0, 0.05) is 28.3 Å². The Labute approximate surface area is 113 Å². The van der Waals surface area contributed by atoms with E-state index in [1.807, 2.05) is 0 Å². The Bertz CT molecular complexity index is 415. The first-order valence-corrected chi connectivity index (χ1v) is 6.94. The van der Waals surface area contributed by atoms with E-state index in [1.165, 1.54) is 17.7 Å². The topological polar surface area (TPSA) is 15.3 Å². The maximum Gasteiger partial charge on any atom is 0.0401 e. The van der Waals surface area contributed by atoms with Gasteiger partial charge in [0.1, 0.15) is 0 Å². The third-order valence-electron chi connectivity index (χ3n) is 3.74. The van der Waals surface area contributed by atoms with E-state index in [-0.39, 0.29) is 5.54 Å². The number of rotatable bonds is 2. The molecule has 1 heterocycles. The normalized spacial score (nSPS) is 23.1. The van der Waals surface area contributed by atoms with Crippen LogP contribution in [0.1, 0.15) is 25.8 Å². The summed E-state index contributed by atoms with van der Waals surface area (Å²) in [5.41, 5.74) is 2.92. The summed E-state index contributed by atoms with van der Waals surface area (Å²) < 4.78 is 1.15. The van der Waals surface area contributed by atoms with Crippen molar-refractivity contribution in [3.05, 3.63) is 28.2 Å². The molecule has 0 aromatic heterocycles. The van der Waals surface area contributed by atoms with E-state index in [2.05, 4.69) is 72.2 Å². The first-order chi connectivity index (χ1) is 7.94. The van der Waals surface area contributed by atoms with Crippen molar-refractivity contribution in [2.24, 2.45) is 0 Å². The van der Waals surface area contributed by atoms with Crippen molar-refractivity contribution in [3.8, 4) is 0 Å². The number of hydrogen-bond acceptors (Lipinski definition) is 2. The predicted molar refractivity (Wildman–Crippen MR) is 77.8 cm³/mol. The second kappa shape index (κ2) is 4.62. The minimum absolute atomic E-state index is 0.228. The largest absolute Gasteiger partial charge is 0.365 e. The van der Waals surface area contributed by atoms with Crippen molar-refractivity contribution in [2.75, 3.05) is 18.5 Å². The average molecular weight is 297 g/mol. The summed E-state index contributed by atoms with van der Waals surface area (Å²) in [7, 11) is 2.05. The van der Waals surface area contributed by atoms with Crippen LogP contribution in [0.25, 0.3) is 0 Å². The Morgan fingerprint density at radius 1 is 1.41 bits per heavy atom. The van der Waals surface area contributed by atoms with Crippen LogP contribution in [0, 0.1) is 6.92 Å². The van der Waals surface area contributed by atoms with Gasteiger partial charge in [-0.25, -0.2) is 0 Å². The second-order valence-electron chi connectivity index (χ2n) is 5.54. The number of benzene rings is 1. The van der Waals surface area contributed by atoms with Gasteiger partial charge in [-0.2, -0.15) is 0 Å². The molecule has 1 atom stereocenters. The van der Waals surface area contributed by atoms with Gasteiger partial charge in [0.05, 0.1) is 0 Å². The summed E-state index contributed by atoms with van der Waals surface area (Å²) in [6.07, 6.45) is 1.19. The van der Waals surface area contributed by atoms with Gasteiger partial charge >= 0.3 is 0 Å². The average Bonchev–Trinajstić information content (AvgIpc) is 2.54. The molecular weight excluding hydrogens is 276 g/mol. The van der Waals surface area contributed by atoms with Crippen molar-refractivity contribution < 1.29 is 0 Å². The first kappa shape index (κ1) is 12.9. The number of nitrogens with zero attached hydrogens (tertiary/aromatic N) is 1. The molecule has 94 valence electrons. The van der Waals surface area contributed by atoms with E-state index < -0.39 is 0 Å². The zero-order valence-electron chi connectivity index (χ0n) is 11.0. The van der Waals surface area contributed by atoms with Gasteiger partial charge in [-0.15, -0.1) is 0 Å². The Morgan fingerprint density at radius 3 is 2.65 bits per heavy atom. The summed E-state index contributed by atoms with van der Waals surface area (Å²) in [6.45, 7) is 7.92. The molecule has 2 rings (SSSR count). The minimum atomic E-state index is 0.228. The number of likely N-dealkylation sites (N-methyl/N-ethyl adjacent to an activating group) is 1. The van der Waals surface area contributed by atoms with Gasteiger partial charge in [-0.05, 0) is 58.0 Å². The smallest absolute Gasteiger partial charge is 0.0401 e. The highest BCUT2D eigenvalue weighted by Gasteiger charge is 2.38. The van der Waals surface area contributed by atoms with Gasteiger partial charge in [-0.3, -0.25) is 0 Å². The molecule has 1 aromatic carbocycles. The highest BCUT2D eigenvalue weighted by molar-refractivity contribution is 9.10. The van der Waals surface area contributed by atoms with Gasteiger partial charge < -0.3 is 10.2 Å². The summed E-state index contributed by atoms with van der Waals surface area (Å²) >= 11 is 3.53. The molecule has 1 N–H and O–H groups in total. The fourth-order valence-electron chi connectivity index (χ4n) is 2.78. The molecule has 0 aliphatic carbocycles.